The maximum absolute atomic E-state index is 6.01. The molecule has 0 radical (unpaired) electrons. The molecule has 0 amide bonds. The minimum absolute atomic E-state index is 0.0575. The van der Waals surface area contributed by atoms with Crippen LogP contribution in [0.25, 0.3) is 0 Å². The van der Waals surface area contributed by atoms with Crippen LogP contribution < -0.4 is 5.32 Å². The fraction of sp³-hybridized carbons (Fsp3) is 0.875. The lowest BCUT2D eigenvalue weighted by Gasteiger charge is -2.40. The Bertz CT molecular complexity index is 241. The van der Waals surface area contributed by atoms with E-state index in [9.17, 15) is 0 Å². The van der Waals surface area contributed by atoms with E-state index in [-0.39, 0.29) is 5.60 Å². The van der Waals surface area contributed by atoms with Crippen LogP contribution in [0, 0.1) is 0 Å². The standard InChI is InChI=1S/C16H31NO/c1-5-17-15(11-10-14(2)3)16(18-4)12-8-6-7-9-13-16/h15,17H,2,5-13H2,1,3-4H3. The number of nitrogens with one attached hydrogen (secondary N) is 1. The number of hydrogen-bond donors (Lipinski definition) is 1. The molecule has 1 atom stereocenters. The van der Waals surface area contributed by atoms with Crippen molar-refractivity contribution in [2.75, 3.05) is 13.7 Å². The zero-order valence-corrected chi connectivity index (χ0v) is 12.6. The van der Waals surface area contributed by atoms with Gasteiger partial charge < -0.3 is 10.1 Å². The molecule has 0 spiro atoms. The van der Waals surface area contributed by atoms with E-state index in [1.165, 1.54) is 44.1 Å². The predicted molar refractivity (Wildman–Crippen MR) is 79.0 cm³/mol. The molecule has 1 unspecified atom stereocenters. The van der Waals surface area contributed by atoms with Gasteiger partial charge in [0.15, 0.2) is 0 Å². The third-order valence-electron chi connectivity index (χ3n) is 4.30. The summed E-state index contributed by atoms with van der Waals surface area (Å²) >= 11 is 0. The monoisotopic (exact) mass is 253 g/mol. The van der Waals surface area contributed by atoms with E-state index in [4.69, 9.17) is 4.74 Å². The highest BCUT2D eigenvalue weighted by molar-refractivity contribution is 4.98. The van der Waals surface area contributed by atoms with Gasteiger partial charge in [0.05, 0.1) is 5.60 Å². The van der Waals surface area contributed by atoms with E-state index in [1.54, 1.807) is 0 Å². The Labute approximate surface area is 113 Å². The Hall–Kier alpha value is -0.340. The van der Waals surface area contributed by atoms with Gasteiger partial charge in [-0.2, -0.15) is 0 Å². The molecule has 106 valence electrons. The van der Waals surface area contributed by atoms with Crippen molar-refractivity contribution in [2.24, 2.45) is 0 Å². The molecule has 0 bridgehead atoms. The van der Waals surface area contributed by atoms with Crippen molar-refractivity contribution in [3.8, 4) is 0 Å². The number of rotatable bonds is 7. The predicted octanol–water partition coefficient (Wildman–Crippen LogP) is 4.06. The summed E-state index contributed by atoms with van der Waals surface area (Å²) in [6.07, 6.45) is 10.0. The topological polar surface area (TPSA) is 21.3 Å². The molecular formula is C16H31NO. The van der Waals surface area contributed by atoms with Crippen LogP contribution in [0.3, 0.4) is 0 Å². The quantitative estimate of drug-likeness (QED) is 0.546. The molecule has 1 rings (SSSR count). The molecular weight excluding hydrogens is 222 g/mol. The number of allylic oxidation sites excluding steroid dienone is 1. The van der Waals surface area contributed by atoms with Crippen molar-refractivity contribution >= 4 is 0 Å². The fourth-order valence-corrected chi connectivity index (χ4v) is 3.21. The van der Waals surface area contributed by atoms with Gasteiger partial charge in [-0.15, -0.1) is 6.58 Å². The summed E-state index contributed by atoms with van der Waals surface area (Å²) in [6.45, 7) is 9.36. The normalized spacial score (nSPS) is 21.3. The average Bonchev–Trinajstić information content (AvgIpc) is 2.60. The van der Waals surface area contributed by atoms with Crippen molar-refractivity contribution in [3.63, 3.8) is 0 Å². The molecule has 0 heterocycles. The highest BCUT2D eigenvalue weighted by atomic mass is 16.5. The fourth-order valence-electron chi connectivity index (χ4n) is 3.21. The first-order valence-corrected chi connectivity index (χ1v) is 7.57. The minimum atomic E-state index is 0.0575. The first-order valence-electron chi connectivity index (χ1n) is 7.57. The van der Waals surface area contributed by atoms with Crippen LogP contribution in [0.15, 0.2) is 12.2 Å². The molecule has 1 N–H and O–H groups in total. The second kappa shape index (κ2) is 7.96. The summed E-state index contributed by atoms with van der Waals surface area (Å²) in [5.74, 6) is 0. The average molecular weight is 253 g/mol. The SMILES string of the molecule is C=C(C)CCC(NCC)C1(OC)CCCCCC1. The van der Waals surface area contributed by atoms with E-state index in [0.29, 0.717) is 6.04 Å². The maximum atomic E-state index is 6.01. The highest BCUT2D eigenvalue weighted by Gasteiger charge is 2.38. The molecule has 0 aromatic carbocycles. The van der Waals surface area contributed by atoms with Gasteiger partial charge in [-0.1, -0.05) is 38.2 Å². The Kier molecular flexibility index (Phi) is 6.95. The summed E-state index contributed by atoms with van der Waals surface area (Å²) < 4.78 is 6.01. The van der Waals surface area contributed by atoms with Crippen LogP contribution in [-0.2, 0) is 4.74 Å². The molecule has 18 heavy (non-hydrogen) atoms. The van der Waals surface area contributed by atoms with Crippen LogP contribution >= 0.6 is 0 Å². The molecule has 1 aliphatic carbocycles. The van der Waals surface area contributed by atoms with Gasteiger partial charge in [0.25, 0.3) is 0 Å². The van der Waals surface area contributed by atoms with Crippen molar-refractivity contribution in [1.82, 2.24) is 5.32 Å². The van der Waals surface area contributed by atoms with Gasteiger partial charge in [-0.25, -0.2) is 0 Å². The van der Waals surface area contributed by atoms with E-state index in [2.05, 4.69) is 25.7 Å². The Balaban J connectivity index is 2.72. The first kappa shape index (κ1) is 15.7. The highest BCUT2D eigenvalue weighted by Crippen LogP contribution is 2.35. The van der Waals surface area contributed by atoms with Crippen molar-refractivity contribution < 1.29 is 4.74 Å². The van der Waals surface area contributed by atoms with Crippen LogP contribution in [0.5, 0.6) is 0 Å². The molecule has 1 saturated carbocycles. The summed E-state index contributed by atoms with van der Waals surface area (Å²) in [4.78, 5) is 0. The van der Waals surface area contributed by atoms with Gasteiger partial charge >= 0.3 is 0 Å². The molecule has 0 aromatic heterocycles. The second-order valence-corrected chi connectivity index (χ2v) is 5.79. The van der Waals surface area contributed by atoms with Gasteiger partial charge in [0.1, 0.15) is 0 Å². The van der Waals surface area contributed by atoms with Crippen molar-refractivity contribution in [1.29, 1.82) is 0 Å². The molecule has 0 aromatic rings. The number of methoxy groups -OCH3 is 1. The molecule has 0 saturated heterocycles. The summed E-state index contributed by atoms with van der Waals surface area (Å²) in [7, 11) is 1.90. The molecule has 2 heteroatoms. The Morgan fingerprint density at radius 1 is 1.28 bits per heavy atom. The van der Waals surface area contributed by atoms with Crippen molar-refractivity contribution in [3.05, 3.63) is 12.2 Å². The lowest BCUT2D eigenvalue weighted by molar-refractivity contribution is -0.0543. The van der Waals surface area contributed by atoms with E-state index >= 15 is 0 Å². The lowest BCUT2D eigenvalue weighted by atomic mass is 9.83. The lowest BCUT2D eigenvalue weighted by Crippen LogP contribution is -2.52. The van der Waals surface area contributed by atoms with Gasteiger partial charge in [0, 0.05) is 13.2 Å². The molecule has 0 aliphatic heterocycles. The van der Waals surface area contributed by atoms with Crippen LogP contribution in [-0.4, -0.2) is 25.3 Å². The Morgan fingerprint density at radius 2 is 1.89 bits per heavy atom. The molecule has 2 nitrogen and oxygen atoms in total. The maximum Gasteiger partial charge on any atom is 0.0831 e. The number of likely N-dealkylation sites (N-methyl/N-ethyl adjacent to an activating group) is 1. The summed E-state index contributed by atoms with van der Waals surface area (Å²) in [5, 5.41) is 3.66. The van der Waals surface area contributed by atoms with Gasteiger partial charge in [-0.05, 0) is 39.2 Å². The minimum Gasteiger partial charge on any atom is -0.377 e. The first-order chi connectivity index (χ1) is 8.64. The number of hydrogen-bond acceptors (Lipinski definition) is 2. The van der Waals surface area contributed by atoms with Crippen LogP contribution in [0.1, 0.15) is 65.2 Å². The van der Waals surface area contributed by atoms with E-state index < -0.39 is 0 Å². The Morgan fingerprint density at radius 3 is 2.33 bits per heavy atom. The molecule has 1 aliphatic rings. The number of ether oxygens (including phenoxy) is 1. The van der Waals surface area contributed by atoms with Crippen LogP contribution in [0.4, 0.5) is 0 Å². The van der Waals surface area contributed by atoms with Crippen LogP contribution in [0.2, 0.25) is 0 Å². The largest absolute Gasteiger partial charge is 0.377 e. The zero-order valence-electron chi connectivity index (χ0n) is 12.6. The smallest absolute Gasteiger partial charge is 0.0831 e. The van der Waals surface area contributed by atoms with E-state index in [0.717, 1.165) is 19.4 Å². The third-order valence-corrected chi connectivity index (χ3v) is 4.30. The molecule has 1 fully saturated rings. The summed E-state index contributed by atoms with van der Waals surface area (Å²) in [6, 6.07) is 0.474. The van der Waals surface area contributed by atoms with E-state index in [1.807, 2.05) is 7.11 Å². The summed E-state index contributed by atoms with van der Waals surface area (Å²) in [5.41, 5.74) is 1.33. The second-order valence-electron chi connectivity index (χ2n) is 5.79. The van der Waals surface area contributed by atoms with Gasteiger partial charge in [0.2, 0.25) is 0 Å². The van der Waals surface area contributed by atoms with Gasteiger partial charge in [-0.3, -0.25) is 0 Å². The van der Waals surface area contributed by atoms with Crippen molar-refractivity contribution in [2.45, 2.75) is 76.9 Å². The third kappa shape index (κ3) is 4.40. The zero-order chi connectivity index (χ0) is 13.4.